The van der Waals surface area contributed by atoms with E-state index in [4.69, 9.17) is 0 Å². The highest BCUT2D eigenvalue weighted by molar-refractivity contribution is 6.29. The highest BCUT2D eigenvalue weighted by Crippen LogP contribution is 2.50. The van der Waals surface area contributed by atoms with Crippen LogP contribution in [-0.2, 0) is 0 Å². The van der Waals surface area contributed by atoms with Crippen molar-refractivity contribution in [1.29, 1.82) is 0 Å². The summed E-state index contributed by atoms with van der Waals surface area (Å²) in [6.07, 6.45) is 18.3. The Morgan fingerprint density at radius 1 is 0.458 bits per heavy atom. The highest BCUT2D eigenvalue weighted by atomic mass is 15.2. The second kappa shape index (κ2) is 12.5. The summed E-state index contributed by atoms with van der Waals surface area (Å²) in [5.41, 5.74) is 10.1. The number of nitrogens with zero attached hydrogens (tertiary/aromatic N) is 2. The van der Waals surface area contributed by atoms with Crippen molar-refractivity contribution < 1.29 is 0 Å². The van der Waals surface area contributed by atoms with Gasteiger partial charge in [-0.25, -0.2) is 0 Å². The summed E-state index contributed by atoms with van der Waals surface area (Å²) in [6, 6.07) is 36.4. The first kappa shape index (κ1) is 30.3. The Morgan fingerprint density at radius 2 is 0.854 bits per heavy atom. The predicted molar refractivity (Wildman–Crippen MR) is 208 cm³/mol. The minimum atomic E-state index is 0.365. The SMILES string of the molecule is CC(C)c1cc(N(C2=CCCC=C2)c2ccccc2)c2ccc3c(C(C)C)cc(N(C4=CCCC=C4)c4ccccc4)c4ccc1c2c34. The maximum Gasteiger partial charge on any atom is 0.0543 e. The third-order valence-electron chi connectivity index (χ3n) is 10.1. The van der Waals surface area contributed by atoms with Crippen molar-refractivity contribution in [3.05, 3.63) is 156 Å². The van der Waals surface area contributed by atoms with Crippen LogP contribution in [0.3, 0.4) is 0 Å². The molecule has 238 valence electrons. The van der Waals surface area contributed by atoms with E-state index in [9.17, 15) is 0 Å². The molecule has 0 aromatic heterocycles. The van der Waals surface area contributed by atoms with Crippen LogP contribution >= 0.6 is 0 Å². The maximum atomic E-state index is 2.49. The summed E-state index contributed by atoms with van der Waals surface area (Å²) < 4.78 is 0. The largest absolute Gasteiger partial charge is 0.310 e. The quantitative estimate of drug-likeness (QED) is 0.155. The molecule has 6 aromatic carbocycles. The first-order valence-electron chi connectivity index (χ1n) is 17.7. The third kappa shape index (κ3) is 5.11. The van der Waals surface area contributed by atoms with Crippen LogP contribution in [0.2, 0.25) is 0 Å². The summed E-state index contributed by atoms with van der Waals surface area (Å²) >= 11 is 0. The maximum absolute atomic E-state index is 2.49. The molecular weight excluding hydrogens is 581 g/mol. The minimum Gasteiger partial charge on any atom is -0.310 e. The number of benzene rings is 6. The minimum absolute atomic E-state index is 0.365. The Labute approximate surface area is 285 Å². The first-order chi connectivity index (χ1) is 23.5. The molecule has 6 aromatic rings. The van der Waals surface area contributed by atoms with Crippen LogP contribution in [0.25, 0.3) is 32.3 Å². The van der Waals surface area contributed by atoms with Crippen molar-refractivity contribution in [3.63, 3.8) is 0 Å². The van der Waals surface area contributed by atoms with Gasteiger partial charge in [0.2, 0.25) is 0 Å². The zero-order chi connectivity index (χ0) is 32.8. The van der Waals surface area contributed by atoms with Crippen LogP contribution in [0.15, 0.2) is 145 Å². The van der Waals surface area contributed by atoms with Crippen LogP contribution in [0.4, 0.5) is 22.7 Å². The molecule has 2 aliphatic carbocycles. The fourth-order valence-electron chi connectivity index (χ4n) is 7.87. The van der Waals surface area contributed by atoms with E-state index >= 15 is 0 Å². The van der Waals surface area contributed by atoms with Gasteiger partial charge in [-0.15, -0.1) is 0 Å². The topological polar surface area (TPSA) is 6.48 Å². The summed E-state index contributed by atoms with van der Waals surface area (Å²) in [4.78, 5) is 4.98. The standard InChI is InChI=1S/C46H44N2/c1-31(2)41-29-43(47(33-17-9-5-10-18-33)34-19-11-6-12-20-34)39-28-26-38-42(32(3)4)30-44(40-27-25-37(41)45(39)46(38)40)48(35-21-13-7-14-22-35)36-23-15-8-16-24-36/h5,7,9-11,13-15,17-32H,6,8,12,16H2,1-4H3. The van der Waals surface area contributed by atoms with Gasteiger partial charge in [0, 0.05) is 33.5 Å². The average Bonchev–Trinajstić information content (AvgIpc) is 3.13. The summed E-state index contributed by atoms with van der Waals surface area (Å²) in [7, 11) is 0. The van der Waals surface area contributed by atoms with Crippen LogP contribution in [0, 0.1) is 0 Å². The molecule has 8 rings (SSSR count). The van der Waals surface area contributed by atoms with Crippen LogP contribution in [0.5, 0.6) is 0 Å². The summed E-state index contributed by atoms with van der Waals surface area (Å²) in [6.45, 7) is 9.36. The van der Waals surface area contributed by atoms with Crippen molar-refractivity contribution in [2.45, 2.75) is 65.2 Å². The van der Waals surface area contributed by atoms with Crippen molar-refractivity contribution in [3.8, 4) is 0 Å². The van der Waals surface area contributed by atoms with Gasteiger partial charge in [0.05, 0.1) is 11.4 Å². The molecule has 2 heteroatoms. The number of allylic oxidation sites excluding steroid dienone is 6. The third-order valence-corrected chi connectivity index (χ3v) is 10.1. The molecule has 0 saturated heterocycles. The second-order valence-corrected chi connectivity index (χ2v) is 13.9. The number of anilines is 4. The lowest BCUT2D eigenvalue weighted by molar-refractivity contribution is 0.875. The van der Waals surface area contributed by atoms with E-state index < -0.39 is 0 Å². The van der Waals surface area contributed by atoms with Crippen molar-refractivity contribution in [2.75, 3.05) is 9.80 Å². The van der Waals surface area contributed by atoms with Gasteiger partial charge in [-0.2, -0.15) is 0 Å². The first-order valence-corrected chi connectivity index (χ1v) is 17.7. The van der Waals surface area contributed by atoms with Crippen molar-refractivity contribution >= 4 is 55.1 Å². The van der Waals surface area contributed by atoms with E-state index in [0.717, 1.165) is 25.7 Å². The highest BCUT2D eigenvalue weighted by Gasteiger charge is 2.26. The van der Waals surface area contributed by atoms with Gasteiger partial charge < -0.3 is 9.80 Å². The lowest BCUT2D eigenvalue weighted by Crippen LogP contribution is -2.18. The number of para-hydroxylation sites is 2. The molecule has 0 atom stereocenters. The average molecular weight is 625 g/mol. The Balaban J connectivity index is 1.51. The second-order valence-electron chi connectivity index (χ2n) is 13.9. The van der Waals surface area contributed by atoms with Gasteiger partial charge in [-0.05, 0) is 119 Å². The van der Waals surface area contributed by atoms with E-state index in [1.54, 1.807) is 0 Å². The molecule has 0 N–H and O–H groups in total. The molecule has 0 amide bonds. The molecule has 0 radical (unpaired) electrons. The van der Waals surface area contributed by atoms with Crippen molar-refractivity contribution in [1.82, 2.24) is 0 Å². The molecule has 0 unspecified atom stereocenters. The Kier molecular flexibility index (Phi) is 7.89. The van der Waals surface area contributed by atoms with Gasteiger partial charge in [0.1, 0.15) is 0 Å². The lowest BCUT2D eigenvalue weighted by Gasteiger charge is -2.32. The van der Waals surface area contributed by atoms with E-state index in [1.807, 2.05) is 0 Å². The van der Waals surface area contributed by atoms with Gasteiger partial charge in [-0.1, -0.05) is 113 Å². The molecule has 0 bridgehead atoms. The smallest absolute Gasteiger partial charge is 0.0543 e. The predicted octanol–water partition coefficient (Wildman–Crippen LogP) is 13.6. The van der Waals surface area contributed by atoms with Crippen molar-refractivity contribution in [2.24, 2.45) is 0 Å². The number of rotatable bonds is 8. The fraction of sp³-hybridized carbons (Fsp3) is 0.217. The summed E-state index contributed by atoms with van der Waals surface area (Å²) in [5.74, 6) is 0.730. The number of hydrogen-bond acceptors (Lipinski definition) is 2. The molecular formula is C46H44N2. The van der Waals surface area contributed by atoms with E-state index in [0.29, 0.717) is 11.8 Å². The monoisotopic (exact) mass is 624 g/mol. The normalized spacial score (nSPS) is 14.8. The fourth-order valence-corrected chi connectivity index (χ4v) is 7.87. The van der Waals surface area contributed by atoms with Crippen LogP contribution in [-0.4, -0.2) is 0 Å². The molecule has 0 fully saturated rings. The lowest BCUT2D eigenvalue weighted by atomic mass is 9.84. The number of hydrogen-bond donors (Lipinski definition) is 0. The molecule has 48 heavy (non-hydrogen) atoms. The molecule has 2 aliphatic rings. The van der Waals surface area contributed by atoms with E-state index in [2.05, 4.69) is 171 Å². The van der Waals surface area contributed by atoms with Gasteiger partial charge in [0.25, 0.3) is 0 Å². The molecule has 0 aliphatic heterocycles. The molecule has 0 spiro atoms. The van der Waals surface area contributed by atoms with Crippen LogP contribution < -0.4 is 9.80 Å². The van der Waals surface area contributed by atoms with E-state index in [1.165, 1.54) is 77.6 Å². The van der Waals surface area contributed by atoms with Gasteiger partial charge in [0.15, 0.2) is 0 Å². The molecule has 0 saturated carbocycles. The molecule has 2 nitrogen and oxygen atoms in total. The zero-order valence-corrected chi connectivity index (χ0v) is 28.6. The summed E-state index contributed by atoms with van der Waals surface area (Å²) in [5, 5.41) is 8.06. The Morgan fingerprint density at radius 3 is 1.21 bits per heavy atom. The van der Waals surface area contributed by atoms with Gasteiger partial charge in [-0.3, -0.25) is 0 Å². The van der Waals surface area contributed by atoms with Gasteiger partial charge >= 0.3 is 0 Å². The molecule has 0 heterocycles. The Bertz CT molecular complexity index is 2070. The Hall–Kier alpha value is -5.08. The van der Waals surface area contributed by atoms with Crippen LogP contribution in [0.1, 0.15) is 76.3 Å². The van der Waals surface area contributed by atoms with E-state index in [-0.39, 0.29) is 0 Å². The zero-order valence-electron chi connectivity index (χ0n) is 28.6.